The number of thiazole rings is 1. The molecule has 1 N–H and O–H groups in total. The number of carbonyl (C=O) groups is 2. The maximum atomic E-state index is 14.1. The number of pyridine rings is 1. The molecule has 1 fully saturated rings. The number of carbonyl (C=O) groups excluding carboxylic acids is 2. The van der Waals surface area contributed by atoms with Gasteiger partial charge in [-0.15, -0.1) is 0 Å². The van der Waals surface area contributed by atoms with E-state index in [0.717, 1.165) is 11.3 Å². The fourth-order valence-electron chi connectivity index (χ4n) is 4.06. The van der Waals surface area contributed by atoms with Crippen LogP contribution in [0.2, 0.25) is 5.02 Å². The zero-order valence-corrected chi connectivity index (χ0v) is 21.4. The Bertz CT molecular complexity index is 1520. The van der Waals surface area contributed by atoms with Gasteiger partial charge in [-0.3, -0.25) is 19.5 Å². The van der Waals surface area contributed by atoms with E-state index in [1.54, 1.807) is 36.4 Å². The van der Waals surface area contributed by atoms with Crippen molar-refractivity contribution in [2.24, 2.45) is 5.92 Å². The number of rotatable bonds is 6. The van der Waals surface area contributed by atoms with Gasteiger partial charge in [0.1, 0.15) is 17.3 Å². The summed E-state index contributed by atoms with van der Waals surface area (Å²) < 4.78 is 20.3. The Hall–Kier alpha value is -3.82. The second kappa shape index (κ2) is 9.91. The quantitative estimate of drug-likeness (QED) is 0.180. The molecule has 1 amide bonds. The van der Waals surface area contributed by atoms with Gasteiger partial charge in [-0.2, -0.15) is 0 Å². The van der Waals surface area contributed by atoms with E-state index in [1.165, 1.54) is 29.4 Å². The van der Waals surface area contributed by atoms with Crippen molar-refractivity contribution in [2.75, 3.05) is 11.5 Å². The Morgan fingerprint density at radius 3 is 2.68 bits per heavy atom. The molecule has 1 saturated heterocycles. The van der Waals surface area contributed by atoms with Crippen LogP contribution in [-0.2, 0) is 9.59 Å². The number of aliphatic hydroxyl groups is 1. The second-order valence-corrected chi connectivity index (χ2v) is 10.3. The lowest BCUT2D eigenvalue weighted by Gasteiger charge is -2.22. The maximum absolute atomic E-state index is 14.1. The van der Waals surface area contributed by atoms with Crippen molar-refractivity contribution in [3.63, 3.8) is 0 Å². The summed E-state index contributed by atoms with van der Waals surface area (Å²) in [5.74, 6) is -1.86. The van der Waals surface area contributed by atoms with Crippen molar-refractivity contribution in [1.82, 2.24) is 9.97 Å². The van der Waals surface area contributed by atoms with Gasteiger partial charge in [0, 0.05) is 18.0 Å². The number of anilines is 1. The highest BCUT2D eigenvalue weighted by Gasteiger charge is 2.48. The summed E-state index contributed by atoms with van der Waals surface area (Å²) in [7, 11) is 0. The van der Waals surface area contributed by atoms with Crippen molar-refractivity contribution < 1.29 is 23.8 Å². The van der Waals surface area contributed by atoms with Gasteiger partial charge in [-0.25, -0.2) is 9.37 Å². The lowest BCUT2D eigenvalue weighted by Crippen LogP contribution is -2.29. The van der Waals surface area contributed by atoms with E-state index in [-0.39, 0.29) is 21.5 Å². The molecule has 1 unspecified atom stereocenters. The number of nitrogens with zero attached hydrogens (tertiary/aromatic N) is 3. The van der Waals surface area contributed by atoms with E-state index >= 15 is 0 Å². The molecular weight excluding hydrogens is 517 g/mol. The molecule has 1 atom stereocenters. The van der Waals surface area contributed by atoms with Gasteiger partial charge in [0.25, 0.3) is 5.78 Å². The van der Waals surface area contributed by atoms with Gasteiger partial charge in [0.05, 0.1) is 33.5 Å². The SMILES string of the molecule is CC(C)COc1cccc(/C(O)=C2\C(=O)C(=O)N(c3nc4cc(Cl)c(F)cc4s3)C2c2ccncc2)c1. The highest BCUT2D eigenvalue weighted by molar-refractivity contribution is 7.22. The van der Waals surface area contributed by atoms with Crippen molar-refractivity contribution in [3.8, 4) is 5.75 Å². The van der Waals surface area contributed by atoms with Crippen molar-refractivity contribution in [1.29, 1.82) is 0 Å². The number of fused-ring (bicyclic) bond motifs is 1. The van der Waals surface area contributed by atoms with E-state index in [4.69, 9.17) is 16.3 Å². The van der Waals surface area contributed by atoms with Crippen LogP contribution in [0.1, 0.15) is 31.0 Å². The van der Waals surface area contributed by atoms with Crippen LogP contribution < -0.4 is 9.64 Å². The fourth-order valence-corrected chi connectivity index (χ4v) is 5.21. The first-order valence-corrected chi connectivity index (χ1v) is 12.6. The molecule has 1 aliphatic rings. The standard InChI is InChI=1S/C27H21ClFN3O4S/c1-14(2)13-36-17-5-3-4-16(10-17)24(33)22-23(15-6-8-30-9-7-15)32(26(35)25(22)34)27-31-20-11-18(28)19(29)12-21(20)37-27/h3-12,14,23,33H,13H2,1-2H3/b24-22+. The Morgan fingerprint density at radius 2 is 1.95 bits per heavy atom. The predicted molar refractivity (Wildman–Crippen MR) is 140 cm³/mol. The first-order valence-electron chi connectivity index (χ1n) is 11.4. The number of ketones is 1. The summed E-state index contributed by atoms with van der Waals surface area (Å²) >= 11 is 6.96. The number of hydrogen-bond donors (Lipinski definition) is 1. The molecule has 3 heterocycles. The third-order valence-electron chi connectivity index (χ3n) is 5.78. The van der Waals surface area contributed by atoms with E-state index in [2.05, 4.69) is 9.97 Å². The minimum Gasteiger partial charge on any atom is -0.507 e. The van der Waals surface area contributed by atoms with Gasteiger partial charge in [-0.1, -0.05) is 48.9 Å². The minimum atomic E-state index is -0.982. The fraction of sp³-hybridized carbons (Fsp3) is 0.185. The van der Waals surface area contributed by atoms with Crippen LogP contribution in [-0.4, -0.2) is 33.4 Å². The summed E-state index contributed by atoms with van der Waals surface area (Å²) in [6.07, 6.45) is 3.06. The van der Waals surface area contributed by atoms with Crippen LogP contribution in [0.25, 0.3) is 16.0 Å². The summed E-state index contributed by atoms with van der Waals surface area (Å²) in [6.45, 7) is 4.52. The molecule has 188 valence electrons. The molecule has 37 heavy (non-hydrogen) atoms. The molecule has 0 spiro atoms. The molecule has 0 saturated carbocycles. The number of amides is 1. The number of aliphatic hydroxyl groups excluding tert-OH is 1. The third-order valence-corrected chi connectivity index (χ3v) is 7.09. The molecular formula is C27H21ClFN3O4S. The minimum absolute atomic E-state index is 0.0966. The van der Waals surface area contributed by atoms with Crippen molar-refractivity contribution in [3.05, 3.63) is 88.5 Å². The number of ether oxygens (including phenoxy) is 1. The number of aromatic nitrogens is 2. The van der Waals surface area contributed by atoms with Crippen LogP contribution in [0, 0.1) is 11.7 Å². The average molecular weight is 538 g/mol. The number of Topliss-reactive ketones (excluding diaryl/α,β-unsaturated/α-hetero) is 1. The largest absolute Gasteiger partial charge is 0.507 e. The zero-order chi connectivity index (χ0) is 26.3. The highest BCUT2D eigenvalue weighted by atomic mass is 35.5. The van der Waals surface area contributed by atoms with Crippen LogP contribution in [0.15, 0.2) is 66.5 Å². The van der Waals surface area contributed by atoms with E-state index in [9.17, 15) is 19.1 Å². The van der Waals surface area contributed by atoms with Crippen LogP contribution in [0.4, 0.5) is 9.52 Å². The summed E-state index contributed by atoms with van der Waals surface area (Å²) in [5, 5.41) is 11.4. The first-order chi connectivity index (χ1) is 17.7. The number of halogens is 2. The van der Waals surface area contributed by atoms with Crippen LogP contribution >= 0.6 is 22.9 Å². The molecule has 0 radical (unpaired) electrons. The second-order valence-electron chi connectivity index (χ2n) is 8.91. The summed E-state index contributed by atoms with van der Waals surface area (Å²) in [6, 6.07) is 11.6. The van der Waals surface area contributed by atoms with E-state index in [0.29, 0.717) is 39.6 Å². The van der Waals surface area contributed by atoms with Crippen molar-refractivity contribution in [2.45, 2.75) is 19.9 Å². The molecule has 2 aromatic carbocycles. The van der Waals surface area contributed by atoms with Gasteiger partial charge >= 0.3 is 5.91 Å². The van der Waals surface area contributed by atoms with Crippen LogP contribution in [0.5, 0.6) is 5.75 Å². The maximum Gasteiger partial charge on any atom is 0.301 e. The molecule has 0 bridgehead atoms. The Balaban J connectivity index is 1.65. The molecule has 2 aromatic heterocycles. The lowest BCUT2D eigenvalue weighted by molar-refractivity contribution is -0.132. The number of benzene rings is 2. The molecule has 7 nitrogen and oxygen atoms in total. The molecule has 0 aliphatic carbocycles. The van der Waals surface area contributed by atoms with Crippen LogP contribution in [0.3, 0.4) is 0 Å². The van der Waals surface area contributed by atoms with E-state index in [1.807, 2.05) is 13.8 Å². The summed E-state index contributed by atoms with van der Waals surface area (Å²) in [4.78, 5) is 36.4. The number of hydrogen-bond acceptors (Lipinski definition) is 7. The monoisotopic (exact) mass is 537 g/mol. The molecule has 10 heteroatoms. The Kier molecular flexibility index (Phi) is 6.66. The average Bonchev–Trinajstić information content (AvgIpc) is 3.40. The Labute approximate surface area is 220 Å². The summed E-state index contributed by atoms with van der Waals surface area (Å²) in [5.41, 5.74) is 1.17. The third kappa shape index (κ3) is 4.68. The molecule has 5 rings (SSSR count). The first kappa shape index (κ1) is 24.9. The van der Waals surface area contributed by atoms with Crippen molar-refractivity contribution >= 4 is 55.7 Å². The van der Waals surface area contributed by atoms with Gasteiger partial charge in [0.15, 0.2) is 5.13 Å². The topological polar surface area (TPSA) is 92.6 Å². The normalized spacial score (nSPS) is 17.2. The zero-order valence-electron chi connectivity index (χ0n) is 19.8. The smallest absolute Gasteiger partial charge is 0.301 e. The van der Waals surface area contributed by atoms with Gasteiger partial charge in [-0.05, 0) is 47.9 Å². The predicted octanol–water partition coefficient (Wildman–Crippen LogP) is 6.14. The lowest BCUT2D eigenvalue weighted by atomic mass is 9.96. The molecule has 1 aliphatic heterocycles. The Morgan fingerprint density at radius 1 is 1.19 bits per heavy atom. The molecule has 4 aromatic rings. The van der Waals surface area contributed by atoms with E-state index < -0.39 is 23.5 Å². The highest BCUT2D eigenvalue weighted by Crippen LogP contribution is 2.44. The van der Waals surface area contributed by atoms with Gasteiger partial charge in [0.2, 0.25) is 0 Å². The van der Waals surface area contributed by atoms with Gasteiger partial charge < -0.3 is 9.84 Å².